The highest BCUT2D eigenvalue weighted by Crippen LogP contribution is 2.25. The van der Waals surface area contributed by atoms with Gasteiger partial charge in [0.15, 0.2) is 10.9 Å². The maximum absolute atomic E-state index is 12.5. The van der Waals surface area contributed by atoms with Gasteiger partial charge in [0.05, 0.1) is 17.3 Å². The normalized spacial score (nSPS) is 21.6. The molecule has 1 fully saturated rings. The van der Waals surface area contributed by atoms with Crippen LogP contribution in [0, 0.1) is 0 Å². The number of ether oxygens (including phenoxy) is 1. The van der Waals surface area contributed by atoms with Crippen molar-refractivity contribution in [2.45, 2.75) is 23.7 Å². The van der Waals surface area contributed by atoms with Crippen LogP contribution in [-0.2, 0) is 9.53 Å². The number of carboxylic acid groups (broad SMARTS) is 1. The number of carbonyl (C=O) groups is 2. The zero-order valence-electron chi connectivity index (χ0n) is 11.4. The molecule has 2 atom stereocenters. The lowest BCUT2D eigenvalue weighted by Crippen LogP contribution is -2.41. The third kappa shape index (κ3) is 3.28. The third-order valence-electron chi connectivity index (χ3n) is 3.25. The fourth-order valence-electron chi connectivity index (χ4n) is 2.16. The number of aromatic nitrogens is 2. The van der Waals surface area contributed by atoms with E-state index in [1.54, 1.807) is 6.26 Å². The van der Waals surface area contributed by atoms with Crippen molar-refractivity contribution in [3.05, 3.63) is 16.9 Å². The van der Waals surface area contributed by atoms with E-state index in [4.69, 9.17) is 16.3 Å². The summed E-state index contributed by atoms with van der Waals surface area (Å²) in [4.78, 5) is 33.1. The summed E-state index contributed by atoms with van der Waals surface area (Å²) in [6.45, 7) is 0.196. The highest BCUT2D eigenvalue weighted by Gasteiger charge is 2.41. The topological polar surface area (TPSA) is 92.6 Å². The van der Waals surface area contributed by atoms with Gasteiger partial charge >= 0.3 is 5.97 Å². The SMILES string of the molecule is COC1CC(C(=O)O)N(C(=O)c2nc(SC)ncc2Cl)C1. The zero-order valence-corrected chi connectivity index (χ0v) is 13.0. The molecule has 1 aliphatic rings. The first kappa shape index (κ1) is 16.0. The molecule has 1 aromatic rings. The summed E-state index contributed by atoms with van der Waals surface area (Å²) in [5.41, 5.74) is 0.0130. The number of methoxy groups -OCH3 is 1. The molecule has 21 heavy (non-hydrogen) atoms. The van der Waals surface area contributed by atoms with E-state index in [1.165, 1.54) is 30.0 Å². The van der Waals surface area contributed by atoms with Gasteiger partial charge in [-0.3, -0.25) is 4.79 Å². The molecule has 0 spiro atoms. The van der Waals surface area contributed by atoms with Crippen LogP contribution in [-0.4, -0.2) is 63.9 Å². The van der Waals surface area contributed by atoms with Crippen molar-refractivity contribution in [2.24, 2.45) is 0 Å². The van der Waals surface area contributed by atoms with Crippen LogP contribution in [0.3, 0.4) is 0 Å². The minimum Gasteiger partial charge on any atom is -0.480 e. The first-order chi connectivity index (χ1) is 9.97. The lowest BCUT2D eigenvalue weighted by Gasteiger charge is -2.21. The highest BCUT2D eigenvalue weighted by atomic mass is 35.5. The van der Waals surface area contributed by atoms with Gasteiger partial charge in [-0.05, 0) is 6.26 Å². The van der Waals surface area contributed by atoms with E-state index >= 15 is 0 Å². The summed E-state index contributed by atoms with van der Waals surface area (Å²) in [5, 5.41) is 9.74. The Hall–Kier alpha value is -1.38. The van der Waals surface area contributed by atoms with Gasteiger partial charge in [-0.2, -0.15) is 0 Å². The number of hydrogen-bond donors (Lipinski definition) is 1. The Labute approximate surface area is 130 Å². The Balaban J connectivity index is 2.32. The molecule has 0 saturated carbocycles. The van der Waals surface area contributed by atoms with Gasteiger partial charge in [0.1, 0.15) is 6.04 Å². The van der Waals surface area contributed by atoms with E-state index in [-0.39, 0.29) is 29.8 Å². The van der Waals surface area contributed by atoms with Crippen molar-refractivity contribution in [2.75, 3.05) is 19.9 Å². The quantitative estimate of drug-likeness (QED) is 0.653. The van der Waals surface area contributed by atoms with E-state index < -0.39 is 17.9 Å². The van der Waals surface area contributed by atoms with Crippen molar-refractivity contribution in [3.63, 3.8) is 0 Å². The van der Waals surface area contributed by atoms with Crippen LogP contribution >= 0.6 is 23.4 Å². The number of likely N-dealkylation sites (tertiary alicyclic amines) is 1. The maximum atomic E-state index is 12.5. The molecule has 2 unspecified atom stereocenters. The smallest absolute Gasteiger partial charge is 0.326 e. The molecule has 1 aromatic heterocycles. The molecule has 7 nitrogen and oxygen atoms in total. The number of thioether (sulfide) groups is 1. The largest absolute Gasteiger partial charge is 0.480 e. The van der Waals surface area contributed by atoms with E-state index in [0.29, 0.717) is 5.16 Å². The van der Waals surface area contributed by atoms with E-state index in [1.807, 2.05) is 0 Å². The predicted molar refractivity (Wildman–Crippen MR) is 76.7 cm³/mol. The minimum absolute atomic E-state index is 0.0130. The molecule has 2 rings (SSSR count). The van der Waals surface area contributed by atoms with Crippen molar-refractivity contribution in [3.8, 4) is 0 Å². The summed E-state index contributed by atoms with van der Waals surface area (Å²) >= 11 is 7.23. The number of carbonyl (C=O) groups excluding carboxylic acids is 1. The zero-order chi connectivity index (χ0) is 15.6. The van der Waals surface area contributed by atoms with Gasteiger partial charge in [0.25, 0.3) is 5.91 Å². The first-order valence-electron chi connectivity index (χ1n) is 6.11. The lowest BCUT2D eigenvalue weighted by molar-refractivity contribution is -0.141. The van der Waals surface area contributed by atoms with Gasteiger partial charge in [-0.25, -0.2) is 14.8 Å². The molecule has 1 amide bonds. The summed E-state index contributed by atoms with van der Waals surface area (Å²) in [6.07, 6.45) is 3.05. The predicted octanol–water partition coefficient (Wildman–Crippen LogP) is 1.17. The number of carboxylic acids is 1. The van der Waals surface area contributed by atoms with Crippen LogP contribution in [0.15, 0.2) is 11.4 Å². The highest BCUT2D eigenvalue weighted by molar-refractivity contribution is 7.98. The van der Waals surface area contributed by atoms with Crippen LogP contribution in [0.2, 0.25) is 5.02 Å². The van der Waals surface area contributed by atoms with Crippen LogP contribution in [0.25, 0.3) is 0 Å². The van der Waals surface area contributed by atoms with Gasteiger partial charge in [0.2, 0.25) is 0 Å². The Morgan fingerprint density at radius 2 is 2.29 bits per heavy atom. The monoisotopic (exact) mass is 331 g/mol. The number of rotatable bonds is 4. The number of hydrogen-bond acceptors (Lipinski definition) is 6. The molecule has 9 heteroatoms. The molecule has 2 heterocycles. The summed E-state index contributed by atoms with van der Waals surface area (Å²) in [6, 6.07) is -0.939. The average molecular weight is 332 g/mol. The number of nitrogens with zero attached hydrogens (tertiary/aromatic N) is 3. The van der Waals surface area contributed by atoms with Crippen LogP contribution in [0.1, 0.15) is 16.9 Å². The molecular formula is C12H14ClN3O4S. The van der Waals surface area contributed by atoms with Crippen LogP contribution < -0.4 is 0 Å². The standard InChI is InChI=1S/C12H14ClN3O4S/c1-20-6-3-8(11(18)19)16(5-6)10(17)9-7(13)4-14-12(15-9)21-2/h4,6,8H,3,5H2,1-2H3,(H,18,19). The van der Waals surface area contributed by atoms with Gasteiger partial charge in [0, 0.05) is 20.1 Å². The lowest BCUT2D eigenvalue weighted by atomic mass is 10.2. The molecule has 0 aliphatic carbocycles. The Morgan fingerprint density at radius 3 is 2.86 bits per heavy atom. The maximum Gasteiger partial charge on any atom is 0.326 e. The second kappa shape index (κ2) is 6.59. The van der Waals surface area contributed by atoms with Crippen LogP contribution in [0.4, 0.5) is 0 Å². The van der Waals surface area contributed by atoms with E-state index in [0.717, 1.165) is 0 Å². The fraction of sp³-hybridized carbons (Fsp3) is 0.500. The van der Waals surface area contributed by atoms with Crippen LogP contribution in [0.5, 0.6) is 0 Å². The van der Waals surface area contributed by atoms with E-state index in [2.05, 4.69) is 9.97 Å². The molecule has 1 N–H and O–H groups in total. The Morgan fingerprint density at radius 1 is 1.57 bits per heavy atom. The second-order valence-electron chi connectivity index (χ2n) is 4.46. The van der Waals surface area contributed by atoms with Gasteiger partial charge in [-0.1, -0.05) is 23.4 Å². The summed E-state index contributed by atoms with van der Waals surface area (Å²) < 4.78 is 5.16. The molecule has 1 saturated heterocycles. The van der Waals surface area contributed by atoms with Crippen molar-refractivity contribution in [1.82, 2.24) is 14.9 Å². The second-order valence-corrected chi connectivity index (χ2v) is 5.64. The average Bonchev–Trinajstić information content (AvgIpc) is 2.91. The minimum atomic E-state index is -1.07. The third-order valence-corrected chi connectivity index (χ3v) is 4.09. The fourth-order valence-corrected chi connectivity index (χ4v) is 2.67. The molecule has 1 aliphatic heterocycles. The number of halogens is 1. The Kier molecular flexibility index (Phi) is 5.02. The molecular weight excluding hydrogens is 318 g/mol. The molecule has 0 bridgehead atoms. The number of amides is 1. The summed E-state index contributed by atoms with van der Waals surface area (Å²) in [5.74, 6) is -1.59. The molecule has 114 valence electrons. The number of aliphatic carboxylic acids is 1. The van der Waals surface area contributed by atoms with E-state index in [9.17, 15) is 14.7 Å². The summed E-state index contributed by atoms with van der Waals surface area (Å²) in [7, 11) is 1.49. The Bertz CT molecular complexity index is 571. The molecule has 0 aromatic carbocycles. The van der Waals surface area contributed by atoms with Crippen molar-refractivity contribution >= 4 is 35.2 Å². The van der Waals surface area contributed by atoms with Gasteiger partial charge in [-0.15, -0.1) is 0 Å². The molecule has 0 radical (unpaired) electrons. The van der Waals surface area contributed by atoms with Gasteiger partial charge < -0.3 is 14.7 Å². The van der Waals surface area contributed by atoms with Crippen molar-refractivity contribution < 1.29 is 19.4 Å². The van der Waals surface area contributed by atoms with Crippen molar-refractivity contribution in [1.29, 1.82) is 0 Å². The first-order valence-corrected chi connectivity index (χ1v) is 7.71.